The second kappa shape index (κ2) is 8.60. The molecule has 1 amide bonds. The lowest BCUT2D eigenvalue weighted by Gasteiger charge is -2.56. The number of likely N-dealkylation sites (N-methyl/N-ethyl adjacent to an activating group) is 1. The molecule has 4 fully saturated rings. The Morgan fingerprint density at radius 2 is 1.76 bits per heavy atom. The van der Waals surface area contributed by atoms with Crippen LogP contribution in [0.3, 0.4) is 0 Å². The molecule has 4 aliphatic carbocycles. The average Bonchev–Trinajstić information content (AvgIpc) is 2.76. The molecule has 1 aromatic carbocycles. The number of hydrogen-bond acceptors (Lipinski definition) is 5. The lowest BCUT2D eigenvalue weighted by molar-refractivity contribution is -0.135. The summed E-state index contributed by atoms with van der Waals surface area (Å²) in [5.74, 6) is 1.79. The molecular weight excluding hydrogens is 440 g/mol. The van der Waals surface area contributed by atoms with Gasteiger partial charge in [0.1, 0.15) is 12.2 Å². The minimum Gasteiger partial charge on any atom is -0.480 e. The van der Waals surface area contributed by atoms with Gasteiger partial charge in [0.05, 0.1) is 10.6 Å². The van der Waals surface area contributed by atoms with E-state index in [-0.39, 0.29) is 17.9 Å². The number of halogens is 1. The van der Waals surface area contributed by atoms with Gasteiger partial charge in [-0.2, -0.15) is 0 Å². The first-order valence-electron chi connectivity index (χ1n) is 11.6. The van der Waals surface area contributed by atoms with Crippen molar-refractivity contribution in [2.75, 3.05) is 25.0 Å². The highest BCUT2D eigenvalue weighted by Gasteiger charge is 2.50. The highest BCUT2D eigenvalue weighted by molar-refractivity contribution is 6.34. The maximum Gasteiger partial charge on any atom is 0.323 e. The van der Waals surface area contributed by atoms with Crippen molar-refractivity contribution in [3.8, 4) is 11.3 Å². The summed E-state index contributed by atoms with van der Waals surface area (Å²) in [6.45, 7) is 0.491. The van der Waals surface area contributed by atoms with E-state index in [1.807, 2.05) is 0 Å². The molecule has 2 N–H and O–H groups in total. The van der Waals surface area contributed by atoms with E-state index >= 15 is 0 Å². The zero-order valence-corrected chi connectivity index (χ0v) is 19.5. The van der Waals surface area contributed by atoms with Crippen molar-refractivity contribution in [2.24, 2.45) is 23.2 Å². The molecule has 0 unspecified atom stereocenters. The van der Waals surface area contributed by atoms with Gasteiger partial charge in [0.2, 0.25) is 0 Å². The Labute approximate surface area is 198 Å². The Balaban J connectivity index is 1.35. The number of rotatable bonds is 7. The van der Waals surface area contributed by atoms with Gasteiger partial charge in [-0.25, -0.2) is 4.98 Å². The molecule has 7 nitrogen and oxygen atoms in total. The molecule has 0 aliphatic heterocycles. The largest absolute Gasteiger partial charge is 0.480 e. The topological polar surface area (TPSA) is 95.4 Å². The van der Waals surface area contributed by atoms with E-state index in [9.17, 15) is 9.59 Å². The smallest absolute Gasteiger partial charge is 0.323 e. The fraction of sp³-hybridized carbons (Fsp3) is 0.520. The van der Waals surface area contributed by atoms with Gasteiger partial charge in [-0.3, -0.25) is 14.6 Å². The van der Waals surface area contributed by atoms with Crippen molar-refractivity contribution in [2.45, 2.75) is 38.5 Å². The normalized spacial score (nSPS) is 27.4. The molecule has 1 aromatic heterocycles. The zero-order valence-electron chi connectivity index (χ0n) is 18.8. The number of carboxylic acid groups (broad SMARTS) is 1. The molecule has 8 heteroatoms. The molecule has 6 rings (SSSR count). The number of amides is 1. The van der Waals surface area contributed by atoms with Gasteiger partial charge in [-0.15, -0.1) is 0 Å². The summed E-state index contributed by atoms with van der Waals surface area (Å²) in [7, 11) is 1.65. The predicted octanol–water partition coefficient (Wildman–Crippen LogP) is 4.26. The standard InChI is InChI=1S/C25H29ClN4O3/c1-30(13-21(31)32)23-22(27-4-5-28-23)18-2-3-20(26)19(9-18)24(33)29-14-25-10-15-6-16(11-25)8-17(7-15)12-25/h2-5,9,15-17H,6-8,10-14H2,1H3,(H,29,33)(H,31,32). The molecular formula is C25H29ClN4O3. The first kappa shape index (κ1) is 22.1. The first-order valence-corrected chi connectivity index (χ1v) is 12.0. The van der Waals surface area contributed by atoms with Crippen LogP contribution in [0.1, 0.15) is 48.9 Å². The van der Waals surface area contributed by atoms with E-state index in [0.29, 0.717) is 34.2 Å². The molecule has 0 atom stereocenters. The third kappa shape index (κ3) is 4.43. The van der Waals surface area contributed by atoms with Gasteiger partial charge in [-0.05, 0) is 73.8 Å². The summed E-state index contributed by atoms with van der Waals surface area (Å²) in [5, 5.41) is 12.7. The van der Waals surface area contributed by atoms with Gasteiger partial charge >= 0.3 is 5.97 Å². The number of benzene rings is 1. The first-order chi connectivity index (χ1) is 15.8. The van der Waals surface area contributed by atoms with Crippen LogP contribution < -0.4 is 10.2 Å². The van der Waals surface area contributed by atoms with E-state index < -0.39 is 5.97 Å². The Morgan fingerprint density at radius 3 is 2.39 bits per heavy atom. The Morgan fingerprint density at radius 1 is 1.12 bits per heavy atom. The fourth-order valence-corrected chi connectivity index (χ4v) is 7.01. The van der Waals surface area contributed by atoms with Gasteiger partial charge in [-0.1, -0.05) is 17.7 Å². The van der Waals surface area contributed by atoms with E-state index in [0.717, 1.165) is 17.8 Å². The molecule has 0 spiro atoms. The summed E-state index contributed by atoms with van der Waals surface area (Å²) >= 11 is 6.42. The molecule has 4 aliphatic rings. The second-order valence-corrected chi connectivity index (χ2v) is 10.7. The summed E-state index contributed by atoms with van der Waals surface area (Å²) in [5.41, 5.74) is 1.82. The van der Waals surface area contributed by atoms with E-state index in [2.05, 4.69) is 15.3 Å². The van der Waals surface area contributed by atoms with Crippen LogP contribution in [0.5, 0.6) is 0 Å². The monoisotopic (exact) mass is 468 g/mol. The van der Waals surface area contributed by atoms with Crippen LogP contribution in [0.2, 0.25) is 5.02 Å². The van der Waals surface area contributed by atoms with E-state index in [1.54, 1.807) is 31.4 Å². The average molecular weight is 469 g/mol. The number of anilines is 1. The van der Waals surface area contributed by atoms with Crippen LogP contribution in [-0.2, 0) is 4.79 Å². The van der Waals surface area contributed by atoms with Crippen LogP contribution in [0.15, 0.2) is 30.6 Å². The molecule has 0 radical (unpaired) electrons. The van der Waals surface area contributed by atoms with Gasteiger partial charge in [0.15, 0.2) is 5.82 Å². The third-order valence-electron chi connectivity index (χ3n) is 7.69. The van der Waals surface area contributed by atoms with Crippen LogP contribution in [0.4, 0.5) is 5.82 Å². The van der Waals surface area contributed by atoms with Crippen molar-refractivity contribution in [3.05, 3.63) is 41.2 Å². The molecule has 4 saturated carbocycles. The Hall–Kier alpha value is -2.67. The van der Waals surface area contributed by atoms with E-state index in [1.165, 1.54) is 49.6 Å². The van der Waals surface area contributed by atoms with Crippen LogP contribution in [0, 0.1) is 23.2 Å². The fourth-order valence-electron chi connectivity index (χ4n) is 6.81. The maximum atomic E-state index is 13.2. The van der Waals surface area contributed by atoms with Crippen molar-refractivity contribution in [3.63, 3.8) is 0 Å². The van der Waals surface area contributed by atoms with Gasteiger partial charge in [0, 0.05) is 31.5 Å². The third-order valence-corrected chi connectivity index (χ3v) is 8.02. The number of carbonyl (C=O) groups is 2. The van der Waals surface area contributed by atoms with Crippen molar-refractivity contribution in [1.29, 1.82) is 0 Å². The molecule has 174 valence electrons. The summed E-state index contributed by atoms with van der Waals surface area (Å²) < 4.78 is 0. The maximum absolute atomic E-state index is 13.2. The number of hydrogen-bond donors (Lipinski definition) is 2. The number of nitrogens with one attached hydrogen (secondary N) is 1. The minimum absolute atomic E-state index is 0.179. The Kier molecular flexibility index (Phi) is 5.77. The molecule has 0 saturated heterocycles. The second-order valence-electron chi connectivity index (χ2n) is 10.3. The van der Waals surface area contributed by atoms with Gasteiger partial charge < -0.3 is 15.3 Å². The zero-order chi connectivity index (χ0) is 23.2. The lowest BCUT2D eigenvalue weighted by Crippen LogP contribution is -2.51. The predicted molar refractivity (Wildman–Crippen MR) is 126 cm³/mol. The lowest BCUT2D eigenvalue weighted by atomic mass is 9.49. The number of aromatic nitrogens is 2. The highest BCUT2D eigenvalue weighted by atomic mass is 35.5. The van der Waals surface area contributed by atoms with E-state index in [4.69, 9.17) is 16.7 Å². The molecule has 2 aromatic rings. The van der Waals surface area contributed by atoms with Crippen molar-refractivity contribution in [1.82, 2.24) is 15.3 Å². The SMILES string of the molecule is CN(CC(=O)O)c1nccnc1-c1ccc(Cl)c(C(=O)NCC23CC4CC(CC(C4)C2)C3)c1. The molecule has 4 bridgehead atoms. The van der Waals surface area contributed by atoms with Crippen LogP contribution >= 0.6 is 11.6 Å². The van der Waals surface area contributed by atoms with Crippen LogP contribution in [0.25, 0.3) is 11.3 Å². The number of carbonyl (C=O) groups excluding carboxylic acids is 1. The highest BCUT2D eigenvalue weighted by Crippen LogP contribution is 2.59. The number of carboxylic acids is 1. The van der Waals surface area contributed by atoms with Crippen molar-refractivity contribution < 1.29 is 14.7 Å². The van der Waals surface area contributed by atoms with Crippen molar-refractivity contribution >= 4 is 29.3 Å². The number of aliphatic carboxylic acids is 1. The summed E-state index contributed by atoms with van der Waals surface area (Å²) in [6, 6.07) is 5.19. The molecule has 33 heavy (non-hydrogen) atoms. The minimum atomic E-state index is -0.963. The van der Waals surface area contributed by atoms with Crippen LogP contribution in [-0.4, -0.2) is 47.1 Å². The Bertz CT molecular complexity index is 1050. The molecule has 1 heterocycles. The summed E-state index contributed by atoms with van der Waals surface area (Å²) in [4.78, 5) is 34.6. The quantitative estimate of drug-likeness (QED) is 0.630. The van der Waals surface area contributed by atoms with Gasteiger partial charge in [0.25, 0.3) is 5.91 Å². The summed E-state index contributed by atoms with van der Waals surface area (Å²) in [6.07, 6.45) is 10.9. The number of nitrogens with zero attached hydrogens (tertiary/aromatic N) is 3.